The Kier molecular flexibility index (Phi) is 4.11. The molecule has 2 aliphatic rings. The fourth-order valence-corrected chi connectivity index (χ4v) is 3.83. The highest BCUT2D eigenvalue weighted by atomic mass is 35.5. The van der Waals surface area contributed by atoms with Crippen molar-refractivity contribution in [1.82, 2.24) is 10.2 Å². The van der Waals surface area contributed by atoms with Crippen molar-refractivity contribution in [3.05, 3.63) is 34.9 Å². The summed E-state index contributed by atoms with van der Waals surface area (Å²) < 4.78 is 0. The van der Waals surface area contributed by atoms with E-state index in [2.05, 4.69) is 29.3 Å². The third kappa shape index (κ3) is 2.96. The third-order valence-electron chi connectivity index (χ3n) is 4.67. The monoisotopic (exact) mass is 278 g/mol. The molecule has 1 N–H and O–H groups in total. The maximum atomic E-state index is 6.08. The minimum absolute atomic E-state index is 0.380. The number of benzene rings is 1. The van der Waals surface area contributed by atoms with Gasteiger partial charge >= 0.3 is 0 Å². The van der Waals surface area contributed by atoms with Gasteiger partial charge in [0.05, 0.1) is 0 Å². The number of halogens is 1. The van der Waals surface area contributed by atoms with E-state index in [1.807, 2.05) is 12.1 Å². The molecule has 3 heteroatoms. The molecule has 1 aromatic rings. The summed E-state index contributed by atoms with van der Waals surface area (Å²) in [5.74, 6) is 0. The van der Waals surface area contributed by atoms with Gasteiger partial charge in [-0.25, -0.2) is 0 Å². The highest BCUT2D eigenvalue weighted by molar-refractivity contribution is 6.30. The van der Waals surface area contributed by atoms with Crippen LogP contribution in [0.15, 0.2) is 24.3 Å². The summed E-state index contributed by atoms with van der Waals surface area (Å²) in [6.07, 6.45) is 5.42. The molecule has 2 fully saturated rings. The molecule has 2 saturated heterocycles. The summed E-state index contributed by atoms with van der Waals surface area (Å²) in [4.78, 5) is 2.67. The van der Waals surface area contributed by atoms with E-state index in [9.17, 15) is 0 Å². The Morgan fingerprint density at radius 2 is 2.16 bits per heavy atom. The molecular formula is C16H23ClN2. The number of nitrogens with zero attached hydrogens (tertiary/aromatic N) is 1. The van der Waals surface area contributed by atoms with E-state index in [0.29, 0.717) is 12.1 Å². The van der Waals surface area contributed by atoms with E-state index in [0.717, 1.165) is 11.1 Å². The lowest BCUT2D eigenvalue weighted by Gasteiger charge is -2.34. The highest BCUT2D eigenvalue weighted by Crippen LogP contribution is 2.29. The lowest BCUT2D eigenvalue weighted by Crippen LogP contribution is -2.45. The molecule has 104 valence electrons. The molecule has 19 heavy (non-hydrogen) atoms. The highest BCUT2D eigenvalue weighted by Gasteiger charge is 2.35. The molecule has 0 amide bonds. The van der Waals surface area contributed by atoms with Crippen molar-refractivity contribution < 1.29 is 0 Å². The second kappa shape index (κ2) is 5.82. The van der Waals surface area contributed by atoms with Gasteiger partial charge in [0, 0.05) is 29.7 Å². The van der Waals surface area contributed by atoms with Crippen LogP contribution in [0.25, 0.3) is 0 Å². The smallest absolute Gasteiger partial charge is 0.0409 e. The fourth-order valence-electron chi connectivity index (χ4n) is 3.64. The van der Waals surface area contributed by atoms with Crippen LogP contribution in [0.2, 0.25) is 5.02 Å². The van der Waals surface area contributed by atoms with Crippen LogP contribution >= 0.6 is 11.6 Å². The first-order valence-electron chi connectivity index (χ1n) is 7.49. The summed E-state index contributed by atoms with van der Waals surface area (Å²) in [6.45, 7) is 4.82. The number of rotatable bonds is 3. The number of hydrogen-bond donors (Lipinski definition) is 1. The topological polar surface area (TPSA) is 15.3 Å². The van der Waals surface area contributed by atoms with Gasteiger partial charge in [0.25, 0.3) is 0 Å². The minimum atomic E-state index is 0.380. The summed E-state index contributed by atoms with van der Waals surface area (Å²) in [7, 11) is 0. The van der Waals surface area contributed by atoms with Crippen LogP contribution in [0.5, 0.6) is 0 Å². The molecule has 0 bridgehead atoms. The van der Waals surface area contributed by atoms with Gasteiger partial charge in [0.1, 0.15) is 0 Å². The number of piperidine rings is 1. The summed E-state index contributed by atoms with van der Waals surface area (Å²) in [6, 6.07) is 10.0. The van der Waals surface area contributed by atoms with E-state index in [-0.39, 0.29) is 0 Å². The van der Waals surface area contributed by atoms with E-state index >= 15 is 0 Å². The van der Waals surface area contributed by atoms with E-state index in [1.54, 1.807) is 0 Å². The molecule has 2 nitrogen and oxygen atoms in total. The van der Waals surface area contributed by atoms with Crippen molar-refractivity contribution in [2.75, 3.05) is 13.1 Å². The minimum Gasteiger partial charge on any atom is -0.306 e. The number of nitrogens with one attached hydrogen (secondary N) is 1. The van der Waals surface area contributed by atoms with E-state index in [1.165, 1.54) is 44.3 Å². The Morgan fingerprint density at radius 3 is 3.00 bits per heavy atom. The van der Waals surface area contributed by atoms with Crippen LogP contribution in [0.3, 0.4) is 0 Å². The molecule has 3 atom stereocenters. The number of hydrogen-bond acceptors (Lipinski definition) is 2. The normalized spacial score (nSPS) is 29.2. The van der Waals surface area contributed by atoms with Crippen LogP contribution in [0.4, 0.5) is 0 Å². The van der Waals surface area contributed by atoms with Crippen molar-refractivity contribution >= 4 is 11.6 Å². The Balaban J connectivity index is 1.65. The van der Waals surface area contributed by atoms with Gasteiger partial charge in [-0.15, -0.1) is 0 Å². The first kappa shape index (κ1) is 13.4. The van der Waals surface area contributed by atoms with Gasteiger partial charge < -0.3 is 5.32 Å². The summed E-state index contributed by atoms with van der Waals surface area (Å²) >= 11 is 6.08. The predicted molar refractivity (Wildman–Crippen MR) is 80.6 cm³/mol. The average molecular weight is 279 g/mol. The number of fused-ring (bicyclic) bond motifs is 1. The zero-order valence-corrected chi connectivity index (χ0v) is 12.4. The van der Waals surface area contributed by atoms with Gasteiger partial charge in [-0.3, -0.25) is 4.90 Å². The third-order valence-corrected chi connectivity index (χ3v) is 4.90. The summed E-state index contributed by atoms with van der Waals surface area (Å²) in [5, 5.41) is 4.65. The molecule has 2 heterocycles. The first-order chi connectivity index (χ1) is 9.24. The molecule has 3 rings (SSSR count). The zero-order chi connectivity index (χ0) is 13.2. The first-order valence-corrected chi connectivity index (χ1v) is 7.87. The van der Waals surface area contributed by atoms with Crippen LogP contribution in [0, 0.1) is 0 Å². The zero-order valence-electron chi connectivity index (χ0n) is 11.6. The van der Waals surface area contributed by atoms with Crippen LogP contribution < -0.4 is 5.32 Å². The van der Waals surface area contributed by atoms with Crippen LogP contribution in [0.1, 0.15) is 44.2 Å². The maximum Gasteiger partial charge on any atom is 0.0409 e. The standard InChI is InChI=1S/C16H23ClN2/c1-12(13-5-4-6-14(17)11-13)18-15-8-10-19-9-3-2-7-16(15)19/h4-6,11-12,15-16,18H,2-3,7-10H2,1H3. The predicted octanol–water partition coefficient (Wildman–Crippen LogP) is 3.62. The van der Waals surface area contributed by atoms with Gasteiger partial charge in [0.15, 0.2) is 0 Å². The van der Waals surface area contributed by atoms with Crippen molar-refractivity contribution in [3.63, 3.8) is 0 Å². The van der Waals surface area contributed by atoms with Crippen molar-refractivity contribution in [3.8, 4) is 0 Å². The molecule has 0 saturated carbocycles. The second-order valence-corrected chi connectivity index (χ2v) is 6.37. The average Bonchev–Trinajstić information content (AvgIpc) is 2.82. The molecule has 0 radical (unpaired) electrons. The molecule has 0 spiro atoms. The van der Waals surface area contributed by atoms with E-state index < -0.39 is 0 Å². The van der Waals surface area contributed by atoms with Gasteiger partial charge in [-0.05, 0) is 50.4 Å². The Bertz CT molecular complexity index is 435. The molecule has 0 aromatic heterocycles. The molecule has 1 aromatic carbocycles. The van der Waals surface area contributed by atoms with Crippen molar-refractivity contribution in [2.45, 2.75) is 50.7 Å². The largest absolute Gasteiger partial charge is 0.306 e. The summed E-state index contributed by atoms with van der Waals surface area (Å²) in [5.41, 5.74) is 1.29. The molecular weight excluding hydrogens is 256 g/mol. The lowest BCUT2D eigenvalue weighted by atomic mass is 9.97. The van der Waals surface area contributed by atoms with Gasteiger partial charge in [-0.2, -0.15) is 0 Å². The van der Waals surface area contributed by atoms with Gasteiger partial charge in [0.2, 0.25) is 0 Å². The molecule has 3 unspecified atom stereocenters. The quantitative estimate of drug-likeness (QED) is 0.909. The van der Waals surface area contributed by atoms with E-state index in [4.69, 9.17) is 11.6 Å². The Labute approximate surface area is 121 Å². The Morgan fingerprint density at radius 1 is 1.26 bits per heavy atom. The lowest BCUT2D eigenvalue weighted by molar-refractivity contribution is 0.177. The van der Waals surface area contributed by atoms with Crippen LogP contribution in [-0.2, 0) is 0 Å². The maximum absolute atomic E-state index is 6.08. The van der Waals surface area contributed by atoms with Crippen molar-refractivity contribution in [2.24, 2.45) is 0 Å². The van der Waals surface area contributed by atoms with Crippen LogP contribution in [-0.4, -0.2) is 30.1 Å². The second-order valence-electron chi connectivity index (χ2n) is 5.94. The SMILES string of the molecule is CC(NC1CCN2CCCCC12)c1cccc(Cl)c1. The molecule has 0 aliphatic carbocycles. The van der Waals surface area contributed by atoms with Crippen molar-refractivity contribution in [1.29, 1.82) is 0 Å². The molecule has 2 aliphatic heterocycles. The van der Waals surface area contributed by atoms with Gasteiger partial charge in [-0.1, -0.05) is 30.2 Å². The Hall–Kier alpha value is -0.570. The fraction of sp³-hybridized carbons (Fsp3) is 0.625.